The third-order valence-electron chi connectivity index (χ3n) is 2.23. The first-order valence-corrected chi connectivity index (χ1v) is 5.19. The second-order valence-corrected chi connectivity index (χ2v) is 3.49. The van der Waals surface area contributed by atoms with E-state index in [4.69, 9.17) is 11.6 Å². The number of hydrogen-bond acceptors (Lipinski definition) is 3. The fourth-order valence-corrected chi connectivity index (χ4v) is 1.63. The van der Waals surface area contributed by atoms with Crippen LogP contribution in [0.1, 0.15) is 23.1 Å². The van der Waals surface area contributed by atoms with E-state index in [0.29, 0.717) is 0 Å². The molecule has 0 saturated carbocycles. The highest BCUT2D eigenvalue weighted by Crippen LogP contribution is 2.26. The predicted molar refractivity (Wildman–Crippen MR) is 57.3 cm³/mol. The molecule has 0 aromatic carbocycles. The number of ether oxygens (including phenoxy) is 1. The van der Waals surface area contributed by atoms with E-state index in [2.05, 4.69) is 9.72 Å². The van der Waals surface area contributed by atoms with Crippen molar-refractivity contribution in [2.45, 2.75) is 18.7 Å². The molecule has 0 aliphatic heterocycles. The number of carbonyl (C=O) groups excluding carboxylic acids is 1. The van der Waals surface area contributed by atoms with Gasteiger partial charge in [-0.05, 0) is 5.56 Å². The Kier molecular flexibility index (Phi) is 4.62. The number of alkyl halides is 3. The summed E-state index contributed by atoms with van der Waals surface area (Å²) in [6.07, 6.45) is -2.25. The summed E-state index contributed by atoms with van der Waals surface area (Å²) < 4.78 is 30.0. The smallest absolute Gasteiger partial charge is 0.310 e. The molecule has 0 atom stereocenters. The van der Waals surface area contributed by atoms with Gasteiger partial charge in [-0.1, -0.05) is 0 Å². The van der Waals surface area contributed by atoms with E-state index in [1.807, 2.05) is 0 Å². The van der Waals surface area contributed by atoms with Gasteiger partial charge in [-0.15, -0.1) is 11.6 Å². The fraction of sp³-hybridized carbons (Fsp3) is 0.400. The number of pyridine rings is 1. The molecule has 7 heteroatoms. The summed E-state index contributed by atoms with van der Waals surface area (Å²) in [4.78, 5) is 24.7. The van der Waals surface area contributed by atoms with Crippen LogP contribution in [0.3, 0.4) is 0 Å². The van der Waals surface area contributed by atoms with Gasteiger partial charge in [-0.3, -0.25) is 9.59 Å². The van der Waals surface area contributed by atoms with Crippen LogP contribution in [-0.4, -0.2) is 18.1 Å². The zero-order valence-corrected chi connectivity index (χ0v) is 9.68. The number of H-pyrrole nitrogens is 1. The van der Waals surface area contributed by atoms with Gasteiger partial charge >= 0.3 is 5.97 Å². The lowest BCUT2D eigenvalue weighted by molar-refractivity contribution is -0.139. The molecule has 1 rings (SSSR count). The molecule has 0 radical (unpaired) electrons. The highest BCUT2D eigenvalue weighted by Gasteiger charge is 2.22. The summed E-state index contributed by atoms with van der Waals surface area (Å²) in [5.41, 5.74) is -1.43. The lowest BCUT2D eigenvalue weighted by Crippen LogP contribution is -2.21. The van der Waals surface area contributed by atoms with Crippen molar-refractivity contribution in [3.05, 3.63) is 33.2 Å². The maximum atomic E-state index is 12.8. The van der Waals surface area contributed by atoms with Crippen LogP contribution in [-0.2, 0) is 21.8 Å². The average molecular weight is 266 g/mol. The number of nitrogens with one attached hydrogen (secondary N) is 1. The molecule has 1 aromatic heterocycles. The summed E-state index contributed by atoms with van der Waals surface area (Å²) in [6.45, 7) is 0. The molecule has 17 heavy (non-hydrogen) atoms. The molecule has 0 aliphatic rings. The van der Waals surface area contributed by atoms with Crippen LogP contribution in [0, 0.1) is 0 Å². The van der Waals surface area contributed by atoms with Crippen molar-refractivity contribution in [2.75, 3.05) is 7.11 Å². The van der Waals surface area contributed by atoms with Gasteiger partial charge in [0.25, 0.3) is 12.0 Å². The fourth-order valence-electron chi connectivity index (χ4n) is 1.41. The van der Waals surface area contributed by atoms with Gasteiger partial charge < -0.3 is 9.72 Å². The van der Waals surface area contributed by atoms with Crippen LogP contribution >= 0.6 is 11.6 Å². The number of methoxy groups -OCH3 is 1. The van der Waals surface area contributed by atoms with Crippen LogP contribution in [0.25, 0.3) is 0 Å². The second-order valence-electron chi connectivity index (χ2n) is 3.22. The molecule has 1 heterocycles. The zero-order valence-electron chi connectivity index (χ0n) is 8.93. The Morgan fingerprint density at radius 2 is 2.24 bits per heavy atom. The molecule has 0 amide bonds. The lowest BCUT2D eigenvalue weighted by atomic mass is 10.0. The number of hydrogen-bond donors (Lipinski definition) is 1. The van der Waals surface area contributed by atoms with Crippen molar-refractivity contribution in [1.29, 1.82) is 0 Å². The molecule has 4 nitrogen and oxygen atoms in total. The van der Waals surface area contributed by atoms with Crippen molar-refractivity contribution in [2.24, 2.45) is 0 Å². The third kappa shape index (κ3) is 3.03. The number of carbonyl (C=O) groups is 1. The Balaban J connectivity index is 3.34. The monoisotopic (exact) mass is 265 g/mol. The van der Waals surface area contributed by atoms with Crippen molar-refractivity contribution in [1.82, 2.24) is 4.98 Å². The molecule has 0 bridgehead atoms. The number of esters is 1. The topological polar surface area (TPSA) is 59.2 Å². The molecule has 0 aliphatic carbocycles. The Hall–Kier alpha value is -1.43. The first-order valence-electron chi connectivity index (χ1n) is 4.65. The standard InChI is InChI=1S/C10H10ClF2NO3/c1-17-7(15)2-6-8(9(12)13)5(3-11)4-14-10(6)16/h4,9H,2-3H2,1H3,(H,14,16). The van der Waals surface area contributed by atoms with E-state index < -0.39 is 29.9 Å². The van der Waals surface area contributed by atoms with Crippen LogP contribution in [0.15, 0.2) is 11.0 Å². The summed E-state index contributed by atoms with van der Waals surface area (Å²) in [5.74, 6) is -0.936. The minimum absolute atomic E-state index is 0.0974. The van der Waals surface area contributed by atoms with Gasteiger partial charge in [0.1, 0.15) is 0 Å². The first-order chi connectivity index (χ1) is 8.01. The average Bonchev–Trinajstić information content (AvgIpc) is 2.30. The third-order valence-corrected chi connectivity index (χ3v) is 2.52. The van der Waals surface area contributed by atoms with Crippen LogP contribution in [0.4, 0.5) is 8.78 Å². The lowest BCUT2D eigenvalue weighted by Gasteiger charge is -2.10. The predicted octanol–water partition coefficient (Wildman–Crippen LogP) is 1.77. The molecule has 0 unspecified atom stereocenters. The largest absolute Gasteiger partial charge is 0.469 e. The minimum atomic E-state index is -2.87. The molecular formula is C10H10ClF2NO3. The van der Waals surface area contributed by atoms with E-state index in [1.165, 1.54) is 0 Å². The molecule has 0 saturated heterocycles. The molecule has 1 N–H and O–H groups in total. The molecule has 1 aromatic rings. The maximum absolute atomic E-state index is 12.8. The van der Waals surface area contributed by atoms with Gasteiger partial charge in [-0.2, -0.15) is 0 Å². The van der Waals surface area contributed by atoms with Crippen LogP contribution in [0.5, 0.6) is 0 Å². The van der Waals surface area contributed by atoms with E-state index in [9.17, 15) is 18.4 Å². The molecule has 94 valence electrons. The molecular weight excluding hydrogens is 256 g/mol. The first kappa shape index (κ1) is 13.6. The van der Waals surface area contributed by atoms with Gasteiger partial charge in [0.05, 0.1) is 13.5 Å². The van der Waals surface area contributed by atoms with Crippen LogP contribution < -0.4 is 5.56 Å². The minimum Gasteiger partial charge on any atom is -0.469 e. The van der Waals surface area contributed by atoms with Crippen molar-refractivity contribution < 1.29 is 18.3 Å². The van der Waals surface area contributed by atoms with E-state index in [0.717, 1.165) is 13.3 Å². The number of halogens is 3. The van der Waals surface area contributed by atoms with Gasteiger partial charge in [0, 0.05) is 23.2 Å². The summed E-state index contributed by atoms with van der Waals surface area (Å²) in [7, 11) is 1.12. The SMILES string of the molecule is COC(=O)Cc1c(C(F)F)c(CCl)c[nH]c1=O. The second kappa shape index (κ2) is 5.77. The normalized spacial score (nSPS) is 10.6. The summed E-state index contributed by atoms with van der Waals surface area (Å²) in [6, 6.07) is 0. The van der Waals surface area contributed by atoms with Gasteiger partial charge in [0.2, 0.25) is 0 Å². The number of rotatable bonds is 4. The van der Waals surface area contributed by atoms with Gasteiger partial charge in [0.15, 0.2) is 0 Å². The van der Waals surface area contributed by atoms with Gasteiger partial charge in [-0.25, -0.2) is 8.78 Å². The highest BCUT2D eigenvalue weighted by molar-refractivity contribution is 6.17. The van der Waals surface area contributed by atoms with E-state index >= 15 is 0 Å². The summed E-state index contributed by atoms with van der Waals surface area (Å²) >= 11 is 5.50. The Labute approximate surface area is 101 Å². The Morgan fingerprint density at radius 3 is 2.71 bits per heavy atom. The van der Waals surface area contributed by atoms with E-state index in [1.54, 1.807) is 0 Å². The Morgan fingerprint density at radius 1 is 1.59 bits per heavy atom. The van der Waals surface area contributed by atoms with Crippen molar-refractivity contribution in [3.8, 4) is 0 Å². The number of aromatic amines is 1. The highest BCUT2D eigenvalue weighted by atomic mass is 35.5. The number of aromatic nitrogens is 1. The Bertz CT molecular complexity index is 473. The molecule has 0 spiro atoms. The van der Waals surface area contributed by atoms with E-state index in [-0.39, 0.29) is 17.0 Å². The zero-order chi connectivity index (χ0) is 13.0. The summed E-state index contributed by atoms with van der Waals surface area (Å²) in [5, 5.41) is 0. The van der Waals surface area contributed by atoms with Crippen molar-refractivity contribution >= 4 is 17.6 Å². The van der Waals surface area contributed by atoms with Crippen molar-refractivity contribution in [3.63, 3.8) is 0 Å². The quantitative estimate of drug-likeness (QED) is 0.667. The maximum Gasteiger partial charge on any atom is 0.310 e. The van der Waals surface area contributed by atoms with Crippen LogP contribution in [0.2, 0.25) is 0 Å². The molecule has 0 fully saturated rings.